The summed E-state index contributed by atoms with van der Waals surface area (Å²) in [5, 5.41) is 5.30. The third kappa shape index (κ3) is 6.15. The maximum absolute atomic E-state index is 12.9. The van der Waals surface area contributed by atoms with Crippen LogP contribution in [0.5, 0.6) is 0 Å². The third-order valence-corrected chi connectivity index (χ3v) is 7.55. The van der Waals surface area contributed by atoms with E-state index in [1.54, 1.807) is 7.05 Å². The molecule has 2 aromatic carbocycles. The van der Waals surface area contributed by atoms with Gasteiger partial charge in [-0.25, -0.2) is 8.42 Å². The topological polar surface area (TPSA) is 95.6 Å². The van der Waals surface area contributed by atoms with Gasteiger partial charge < -0.3 is 10.6 Å². The molecule has 0 radical (unpaired) electrons. The molecule has 1 aliphatic rings. The van der Waals surface area contributed by atoms with Gasteiger partial charge in [-0.05, 0) is 42.7 Å². The van der Waals surface area contributed by atoms with Crippen LogP contribution in [0.15, 0.2) is 59.5 Å². The molecule has 0 saturated heterocycles. The lowest BCUT2D eigenvalue weighted by molar-refractivity contribution is -0.120. The summed E-state index contributed by atoms with van der Waals surface area (Å²) >= 11 is 0. The monoisotopic (exact) mass is 443 g/mol. The van der Waals surface area contributed by atoms with Crippen LogP contribution < -0.4 is 10.6 Å². The van der Waals surface area contributed by atoms with E-state index in [2.05, 4.69) is 10.6 Å². The zero-order valence-corrected chi connectivity index (χ0v) is 18.5. The molecule has 31 heavy (non-hydrogen) atoms. The maximum Gasteiger partial charge on any atom is 0.251 e. The van der Waals surface area contributed by atoms with E-state index in [0.717, 1.165) is 37.7 Å². The van der Waals surface area contributed by atoms with Gasteiger partial charge in [-0.3, -0.25) is 9.59 Å². The van der Waals surface area contributed by atoms with Crippen molar-refractivity contribution in [1.82, 2.24) is 14.9 Å². The average Bonchev–Trinajstić information content (AvgIpc) is 2.82. The number of nitrogens with one attached hydrogen (secondary N) is 2. The molecule has 3 rings (SSSR count). The van der Waals surface area contributed by atoms with Gasteiger partial charge in [0.05, 0.1) is 11.4 Å². The summed E-state index contributed by atoms with van der Waals surface area (Å²) in [7, 11) is -1.98. The van der Waals surface area contributed by atoms with Crippen LogP contribution >= 0.6 is 0 Å². The SMILES string of the molecule is CN(C1CCCCC1)S(=O)(=O)c1ccc(C(=O)NCC(=O)NCc2ccccc2)cc1. The summed E-state index contributed by atoms with van der Waals surface area (Å²) in [6.45, 7) is 0.229. The van der Waals surface area contributed by atoms with Crippen molar-refractivity contribution in [2.45, 2.75) is 49.6 Å². The van der Waals surface area contributed by atoms with Gasteiger partial charge in [0.15, 0.2) is 0 Å². The van der Waals surface area contributed by atoms with Crippen LogP contribution in [-0.4, -0.2) is 44.2 Å². The summed E-state index contributed by atoms with van der Waals surface area (Å²) in [4.78, 5) is 24.4. The number of nitrogens with zero attached hydrogens (tertiary/aromatic N) is 1. The van der Waals surface area contributed by atoms with E-state index >= 15 is 0 Å². The van der Waals surface area contributed by atoms with E-state index < -0.39 is 15.9 Å². The molecule has 7 nitrogen and oxygen atoms in total. The Kier molecular flexibility index (Phi) is 7.81. The Hall–Kier alpha value is -2.71. The van der Waals surface area contributed by atoms with Crippen molar-refractivity contribution in [3.05, 3.63) is 65.7 Å². The number of rotatable bonds is 8. The van der Waals surface area contributed by atoms with E-state index in [4.69, 9.17) is 0 Å². The van der Waals surface area contributed by atoms with Crippen LogP contribution in [0.1, 0.15) is 48.0 Å². The molecule has 0 aliphatic heterocycles. The summed E-state index contributed by atoms with van der Waals surface area (Å²) in [5.41, 5.74) is 1.27. The summed E-state index contributed by atoms with van der Waals surface area (Å²) in [5.74, 6) is -0.732. The first-order chi connectivity index (χ1) is 14.9. The van der Waals surface area contributed by atoms with Crippen molar-refractivity contribution in [3.8, 4) is 0 Å². The Bertz CT molecular complexity index is 985. The molecule has 2 aromatic rings. The van der Waals surface area contributed by atoms with Gasteiger partial charge in [0.25, 0.3) is 5.91 Å². The lowest BCUT2D eigenvalue weighted by atomic mass is 9.96. The molecule has 1 saturated carbocycles. The molecule has 166 valence electrons. The smallest absolute Gasteiger partial charge is 0.251 e. The molecule has 0 heterocycles. The molecule has 0 spiro atoms. The van der Waals surface area contributed by atoms with Gasteiger partial charge in [0, 0.05) is 25.2 Å². The molecule has 1 fully saturated rings. The van der Waals surface area contributed by atoms with Gasteiger partial charge >= 0.3 is 0 Å². The molecule has 0 unspecified atom stereocenters. The molecule has 8 heteroatoms. The number of sulfonamides is 1. The fourth-order valence-electron chi connectivity index (χ4n) is 3.71. The second-order valence-electron chi connectivity index (χ2n) is 7.78. The van der Waals surface area contributed by atoms with Gasteiger partial charge in [-0.15, -0.1) is 0 Å². The van der Waals surface area contributed by atoms with E-state index in [1.807, 2.05) is 30.3 Å². The average molecular weight is 444 g/mol. The second kappa shape index (κ2) is 10.5. The van der Waals surface area contributed by atoms with Gasteiger partial charge in [-0.1, -0.05) is 49.6 Å². The Morgan fingerprint density at radius 3 is 2.23 bits per heavy atom. The number of amides is 2. The van der Waals surface area contributed by atoms with Gasteiger partial charge in [-0.2, -0.15) is 4.31 Å². The molecular weight excluding hydrogens is 414 g/mol. The van der Waals surface area contributed by atoms with E-state index in [-0.39, 0.29) is 23.4 Å². The van der Waals surface area contributed by atoms with Crippen LogP contribution in [0.2, 0.25) is 0 Å². The van der Waals surface area contributed by atoms with E-state index in [0.29, 0.717) is 12.1 Å². The molecule has 1 aliphatic carbocycles. The van der Waals surface area contributed by atoms with Gasteiger partial charge in [0.2, 0.25) is 15.9 Å². The zero-order valence-electron chi connectivity index (χ0n) is 17.7. The summed E-state index contributed by atoms with van der Waals surface area (Å²) in [6.07, 6.45) is 4.99. The minimum atomic E-state index is -3.60. The second-order valence-corrected chi connectivity index (χ2v) is 9.78. The van der Waals surface area contributed by atoms with E-state index in [9.17, 15) is 18.0 Å². The Morgan fingerprint density at radius 2 is 1.58 bits per heavy atom. The van der Waals surface area contributed by atoms with Crippen LogP contribution in [0.4, 0.5) is 0 Å². The molecule has 0 bridgehead atoms. The lowest BCUT2D eigenvalue weighted by Crippen LogP contribution is -2.38. The molecule has 0 atom stereocenters. The largest absolute Gasteiger partial charge is 0.350 e. The Labute approximate surface area is 183 Å². The van der Waals surface area contributed by atoms with Crippen LogP contribution in [-0.2, 0) is 21.4 Å². The predicted molar refractivity (Wildman–Crippen MR) is 119 cm³/mol. The first-order valence-electron chi connectivity index (χ1n) is 10.5. The zero-order chi connectivity index (χ0) is 22.3. The van der Waals surface area contributed by atoms with Crippen molar-refractivity contribution < 1.29 is 18.0 Å². The highest BCUT2D eigenvalue weighted by Gasteiger charge is 2.29. The highest BCUT2D eigenvalue weighted by atomic mass is 32.2. The minimum Gasteiger partial charge on any atom is -0.350 e. The lowest BCUT2D eigenvalue weighted by Gasteiger charge is -2.30. The fourth-order valence-corrected chi connectivity index (χ4v) is 5.12. The van der Waals surface area contributed by atoms with Crippen LogP contribution in [0.3, 0.4) is 0 Å². The first kappa shape index (κ1) is 23.0. The maximum atomic E-state index is 12.9. The molecule has 2 N–H and O–H groups in total. The van der Waals surface area contributed by atoms with Crippen molar-refractivity contribution >= 4 is 21.8 Å². The third-order valence-electron chi connectivity index (χ3n) is 5.62. The number of hydrogen-bond acceptors (Lipinski definition) is 4. The number of benzene rings is 2. The van der Waals surface area contributed by atoms with Crippen molar-refractivity contribution in [3.63, 3.8) is 0 Å². The molecule has 2 amide bonds. The van der Waals surface area contributed by atoms with Crippen LogP contribution in [0.25, 0.3) is 0 Å². The normalized spacial score (nSPS) is 14.9. The Balaban J connectivity index is 1.52. The van der Waals surface area contributed by atoms with Crippen molar-refractivity contribution in [1.29, 1.82) is 0 Å². The summed E-state index contributed by atoms with van der Waals surface area (Å²) in [6, 6.07) is 15.3. The Morgan fingerprint density at radius 1 is 0.935 bits per heavy atom. The van der Waals surface area contributed by atoms with Gasteiger partial charge in [0.1, 0.15) is 0 Å². The first-order valence-corrected chi connectivity index (χ1v) is 12.0. The fraction of sp³-hybridized carbons (Fsp3) is 0.391. The number of hydrogen-bond donors (Lipinski definition) is 2. The van der Waals surface area contributed by atoms with Crippen LogP contribution in [0, 0.1) is 0 Å². The highest BCUT2D eigenvalue weighted by molar-refractivity contribution is 7.89. The standard InChI is InChI=1S/C23H29N3O4S/c1-26(20-10-6-3-7-11-20)31(29,30)21-14-12-19(13-15-21)23(28)25-17-22(27)24-16-18-8-4-2-5-9-18/h2,4-5,8-9,12-15,20H,3,6-7,10-11,16-17H2,1H3,(H,24,27)(H,25,28). The minimum absolute atomic E-state index is 0.0242. The summed E-state index contributed by atoms with van der Waals surface area (Å²) < 4.78 is 27.2. The quantitative estimate of drug-likeness (QED) is 0.656. The van der Waals surface area contributed by atoms with Crippen molar-refractivity contribution in [2.24, 2.45) is 0 Å². The number of carbonyl (C=O) groups is 2. The van der Waals surface area contributed by atoms with E-state index in [1.165, 1.54) is 28.6 Å². The highest BCUT2D eigenvalue weighted by Crippen LogP contribution is 2.26. The predicted octanol–water partition coefficient (Wildman–Crippen LogP) is 2.69. The number of carbonyl (C=O) groups excluding carboxylic acids is 2. The van der Waals surface area contributed by atoms with Crippen molar-refractivity contribution in [2.75, 3.05) is 13.6 Å². The molecule has 0 aromatic heterocycles. The molecular formula is C23H29N3O4S.